The Kier molecular flexibility index (Phi) is 5.10. The van der Waals surface area contributed by atoms with Crippen molar-refractivity contribution in [1.29, 1.82) is 5.26 Å². The zero-order valence-corrected chi connectivity index (χ0v) is 9.49. The summed E-state index contributed by atoms with van der Waals surface area (Å²) < 4.78 is 5.08. The third-order valence-corrected chi connectivity index (χ3v) is 2.24. The van der Waals surface area contributed by atoms with Crippen molar-refractivity contribution >= 4 is 0 Å². The molecule has 0 heterocycles. The van der Waals surface area contributed by atoms with Gasteiger partial charge in [-0.25, -0.2) is 0 Å². The molecule has 0 bridgehead atoms. The minimum absolute atomic E-state index is 0.575. The van der Waals surface area contributed by atoms with Crippen LogP contribution in [0.15, 0.2) is 30.9 Å². The molecule has 3 nitrogen and oxygen atoms in total. The second-order valence-corrected chi connectivity index (χ2v) is 3.40. The number of nitrogens with one attached hydrogen (secondary N) is 1. The summed E-state index contributed by atoms with van der Waals surface area (Å²) in [6.07, 6.45) is 2.82. The van der Waals surface area contributed by atoms with Crippen molar-refractivity contribution in [2.24, 2.45) is 0 Å². The van der Waals surface area contributed by atoms with Crippen molar-refractivity contribution in [2.75, 3.05) is 13.7 Å². The van der Waals surface area contributed by atoms with Crippen molar-refractivity contribution in [3.8, 4) is 11.8 Å². The van der Waals surface area contributed by atoms with E-state index < -0.39 is 0 Å². The van der Waals surface area contributed by atoms with Crippen LogP contribution in [0.25, 0.3) is 0 Å². The van der Waals surface area contributed by atoms with Crippen LogP contribution in [0.3, 0.4) is 0 Å². The van der Waals surface area contributed by atoms with Gasteiger partial charge < -0.3 is 10.1 Å². The van der Waals surface area contributed by atoms with Crippen LogP contribution in [-0.2, 0) is 6.54 Å². The van der Waals surface area contributed by atoms with E-state index in [1.165, 1.54) is 0 Å². The lowest BCUT2D eigenvalue weighted by Gasteiger charge is -2.06. The molecule has 0 fully saturated rings. The third-order valence-electron chi connectivity index (χ3n) is 2.24. The molecule has 0 amide bonds. The topological polar surface area (TPSA) is 45.0 Å². The van der Waals surface area contributed by atoms with E-state index in [0.29, 0.717) is 11.3 Å². The fourth-order valence-corrected chi connectivity index (χ4v) is 1.39. The molecule has 0 aromatic heterocycles. The van der Waals surface area contributed by atoms with Gasteiger partial charge in [0.15, 0.2) is 0 Å². The monoisotopic (exact) mass is 216 g/mol. The van der Waals surface area contributed by atoms with Crippen molar-refractivity contribution in [3.05, 3.63) is 42.0 Å². The first-order valence-corrected chi connectivity index (χ1v) is 5.20. The van der Waals surface area contributed by atoms with Crippen LogP contribution in [0.2, 0.25) is 0 Å². The molecule has 1 aromatic rings. The largest absolute Gasteiger partial charge is 0.495 e. The van der Waals surface area contributed by atoms with Crippen LogP contribution in [-0.4, -0.2) is 13.7 Å². The summed E-state index contributed by atoms with van der Waals surface area (Å²) in [6.45, 7) is 5.31. The molecule has 0 spiro atoms. The molecular formula is C13H16N2O. The molecule has 1 aromatic carbocycles. The van der Waals surface area contributed by atoms with E-state index in [9.17, 15) is 0 Å². The van der Waals surface area contributed by atoms with Gasteiger partial charge in [-0.1, -0.05) is 12.1 Å². The van der Waals surface area contributed by atoms with Crippen molar-refractivity contribution in [2.45, 2.75) is 13.0 Å². The van der Waals surface area contributed by atoms with E-state index in [1.54, 1.807) is 7.11 Å². The zero-order chi connectivity index (χ0) is 11.8. The van der Waals surface area contributed by atoms with Crippen LogP contribution in [0.4, 0.5) is 0 Å². The average molecular weight is 216 g/mol. The Morgan fingerprint density at radius 1 is 1.56 bits per heavy atom. The highest BCUT2D eigenvalue weighted by Crippen LogP contribution is 2.18. The highest BCUT2D eigenvalue weighted by molar-refractivity contribution is 5.45. The molecule has 84 valence electrons. The number of hydrogen-bond donors (Lipinski definition) is 1. The van der Waals surface area contributed by atoms with E-state index >= 15 is 0 Å². The molecule has 1 N–H and O–H groups in total. The van der Waals surface area contributed by atoms with Crippen LogP contribution < -0.4 is 10.1 Å². The van der Waals surface area contributed by atoms with Crippen molar-refractivity contribution in [3.63, 3.8) is 0 Å². The van der Waals surface area contributed by atoms with Gasteiger partial charge in [0.25, 0.3) is 0 Å². The maximum absolute atomic E-state index is 8.92. The molecule has 0 aliphatic carbocycles. The Balaban J connectivity index is 2.61. The van der Waals surface area contributed by atoms with Crippen molar-refractivity contribution < 1.29 is 4.74 Å². The molecule has 0 aliphatic heterocycles. The number of nitrogens with zero attached hydrogens (tertiary/aromatic N) is 1. The second-order valence-electron chi connectivity index (χ2n) is 3.40. The summed E-state index contributed by atoms with van der Waals surface area (Å²) in [5.74, 6) is 0.623. The first-order chi connectivity index (χ1) is 7.81. The molecule has 3 heteroatoms. The van der Waals surface area contributed by atoms with Gasteiger partial charge in [-0.05, 0) is 30.7 Å². The molecule has 0 radical (unpaired) electrons. The van der Waals surface area contributed by atoms with Gasteiger partial charge >= 0.3 is 0 Å². The van der Waals surface area contributed by atoms with Gasteiger partial charge in [0.1, 0.15) is 11.8 Å². The van der Waals surface area contributed by atoms with Gasteiger partial charge in [-0.3, -0.25) is 0 Å². The van der Waals surface area contributed by atoms with Crippen molar-refractivity contribution in [1.82, 2.24) is 5.32 Å². The lowest BCUT2D eigenvalue weighted by Crippen LogP contribution is -2.14. The van der Waals surface area contributed by atoms with Gasteiger partial charge in [0.05, 0.1) is 12.7 Å². The molecule has 0 aliphatic rings. The summed E-state index contributed by atoms with van der Waals surface area (Å²) in [6, 6.07) is 7.75. The molecule has 0 unspecified atom stereocenters. The number of hydrogen-bond acceptors (Lipinski definition) is 3. The van der Waals surface area contributed by atoms with Crippen LogP contribution >= 0.6 is 0 Å². The highest BCUT2D eigenvalue weighted by atomic mass is 16.5. The first-order valence-electron chi connectivity index (χ1n) is 5.20. The Hall–Kier alpha value is -1.79. The minimum Gasteiger partial charge on any atom is -0.495 e. The Morgan fingerprint density at radius 3 is 3.00 bits per heavy atom. The summed E-state index contributed by atoms with van der Waals surface area (Å²) in [5, 5.41) is 12.2. The summed E-state index contributed by atoms with van der Waals surface area (Å²) >= 11 is 0. The maximum Gasteiger partial charge on any atom is 0.136 e. The van der Waals surface area contributed by atoms with E-state index in [4.69, 9.17) is 10.00 Å². The number of methoxy groups -OCH3 is 1. The summed E-state index contributed by atoms with van der Waals surface area (Å²) in [4.78, 5) is 0. The molecule has 0 saturated carbocycles. The lowest BCUT2D eigenvalue weighted by molar-refractivity contribution is 0.413. The highest BCUT2D eigenvalue weighted by Gasteiger charge is 2.02. The van der Waals surface area contributed by atoms with Crippen LogP contribution in [0.5, 0.6) is 5.75 Å². The van der Waals surface area contributed by atoms with E-state index in [2.05, 4.69) is 18.0 Å². The summed E-state index contributed by atoms with van der Waals surface area (Å²) in [5.41, 5.74) is 1.66. The molecule has 0 atom stereocenters. The minimum atomic E-state index is 0.575. The molecule has 1 rings (SSSR count). The number of rotatable bonds is 6. The quantitative estimate of drug-likeness (QED) is 0.586. The Bertz CT molecular complexity index is 393. The van der Waals surface area contributed by atoms with Crippen LogP contribution in [0.1, 0.15) is 17.5 Å². The Labute approximate surface area is 96.4 Å². The standard InChI is InChI=1S/C13H16N2O/c1-3-4-7-15-10-11-5-6-13(16-2)12(8-11)9-14/h3,5-6,8,15H,1,4,7,10H2,2H3. The lowest BCUT2D eigenvalue weighted by atomic mass is 10.1. The fourth-order valence-electron chi connectivity index (χ4n) is 1.39. The predicted molar refractivity (Wildman–Crippen MR) is 64.2 cm³/mol. The van der Waals surface area contributed by atoms with Gasteiger partial charge in [0, 0.05) is 6.54 Å². The number of benzene rings is 1. The van der Waals surface area contributed by atoms with Gasteiger partial charge in [-0.2, -0.15) is 5.26 Å². The van der Waals surface area contributed by atoms with Crippen LogP contribution in [0, 0.1) is 11.3 Å². The fraction of sp³-hybridized carbons (Fsp3) is 0.308. The SMILES string of the molecule is C=CCCNCc1ccc(OC)c(C#N)c1. The second kappa shape index (κ2) is 6.65. The average Bonchev–Trinajstić information content (AvgIpc) is 2.34. The smallest absolute Gasteiger partial charge is 0.136 e. The van der Waals surface area contributed by atoms with Gasteiger partial charge in [0.2, 0.25) is 0 Å². The third kappa shape index (κ3) is 3.41. The van der Waals surface area contributed by atoms with E-state index in [1.807, 2.05) is 24.3 Å². The zero-order valence-electron chi connectivity index (χ0n) is 9.49. The molecule has 0 saturated heterocycles. The number of nitriles is 1. The first kappa shape index (κ1) is 12.3. The Morgan fingerprint density at radius 2 is 2.38 bits per heavy atom. The van der Waals surface area contributed by atoms with E-state index in [-0.39, 0.29) is 0 Å². The van der Waals surface area contributed by atoms with E-state index in [0.717, 1.165) is 25.1 Å². The maximum atomic E-state index is 8.92. The molecular weight excluding hydrogens is 200 g/mol. The number of ether oxygens (including phenoxy) is 1. The molecule has 16 heavy (non-hydrogen) atoms. The normalized spacial score (nSPS) is 9.50. The summed E-state index contributed by atoms with van der Waals surface area (Å²) in [7, 11) is 1.57. The van der Waals surface area contributed by atoms with Gasteiger partial charge in [-0.15, -0.1) is 6.58 Å². The predicted octanol–water partition coefficient (Wildman–Crippen LogP) is 2.23.